The first-order valence-electron chi connectivity index (χ1n) is 24.7. The van der Waals surface area contributed by atoms with Gasteiger partial charge in [0, 0.05) is 22.4 Å². The van der Waals surface area contributed by atoms with Crippen LogP contribution in [0.1, 0.15) is 44.3 Å². The molecular formula is C61H46N4O. The molecule has 0 saturated heterocycles. The molecule has 0 aliphatic rings. The number of furan rings is 1. The molecular weight excluding hydrogens is 805 g/mol. The molecule has 4 aromatic heterocycles. The topological polar surface area (TPSA) is 39.8 Å². The van der Waals surface area contributed by atoms with E-state index in [0.29, 0.717) is 17.7 Å². The number of benzene rings is 8. The van der Waals surface area contributed by atoms with Gasteiger partial charge in [-0.3, -0.25) is 13.7 Å². The van der Waals surface area contributed by atoms with Crippen molar-refractivity contribution in [1.29, 1.82) is 0 Å². The highest BCUT2D eigenvalue weighted by Crippen LogP contribution is 2.39. The highest BCUT2D eigenvalue weighted by Gasteiger charge is 2.23. The summed E-state index contributed by atoms with van der Waals surface area (Å²) in [4.78, 5) is 4.84. The molecule has 8 aromatic carbocycles. The van der Waals surface area contributed by atoms with E-state index in [0.717, 1.165) is 94.3 Å². The Kier molecular flexibility index (Phi) is 8.16. The second-order valence-corrected chi connectivity index (χ2v) is 17.9. The Labute approximate surface area is 391 Å². The lowest BCUT2D eigenvalue weighted by Crippen LogP contribution is -2.31. The first-order chi connectivity index (χ1) is 34.4. The van der Waals surface area contributed by atoms with Gasteiger partial charge in [0.25, 0.3) is 6.33 Å². The van der Waals surface area contributed by atoms with E-state index in [9.17, 15) is 2.74 Å². The van der Waals surface area contributed by atoms with E-state index in [4.69, 9.17) is 13.5 Å². The Morgan fingerprint density at radius 1 is 0.606 bits per heavy atom. The molecule has 0 aliphatic heterocycles. The summed E-state index contributed by atoms with van der Waals surface area (Å²) in [6.45, 7) is 6.61. The fourth-order valence-corrected chi connectivity index (χ4v) is 9.47. The summed E-state index contributed by atoms with van der Waals surface area (Å²) >= 11 is 0. The molecule has 316 valence electrons. The summed E-state index contributed by atoms with van der Waals surface area (Å²) in [5.41, 5.74) is 13.7. The third-order valence-corrected chi connectivity index (χ3v) is 12.7. The molecule has 0 radical (unpaired) electrons. The van der Waals surface area contributed by atoms with E-state index in [-0.39, 0.29) is 35.1 Å². The maximum atomic E-state index is 9.24. The summed E-state index contributed by atoms with van der Waals surface area (Å²) in [7, 11) is 0. The molecule has 66 heavy (non-hydrogen) atoms. The van der Waals surface area contributed by atoms with Crippen LogP contribution in [0.4, 0.5) is 0 Å². The van der Waals surface area contributed by atoms with Crippen molar-refractivity contribution in [1.82, 2.24) is 14.1 Å². The third-order valence-electron chi connectivity index (χ3n) is 12.7. The molecule has 5 nitrogen and oxygen atoms in total. The molecule has 4 heterocycles. The van der Waals surface area contributed by atoms with Crippen LogP contribution < -0.4 is 4.57 Å². The second-order valence-electron chi connectivity index (χ2n) is 17.9. The normalized spacial score (nSPS) is 13.0. The molecule has 0 unspecified atom stereocenters. The minimum absolute atomic E-state index is 0.121. The number of para-hydroxylation sites is 4. The van der Waals surface area contributed by atoms with E-state index in [1.54, 1.807) is 6.26 Å². The van der Waals surface area contributed by atoms with Crippen molar-refractivity contribution in [2.45, 2.75) is 32.6 Å². The van der Waals surface area contributed by atoms with Crippen molar-refractivity contribution < 1.29 is 15.8 Å². The second kappa shape index (κ2) is 15.8. The van der Waals surface area contributed by atoms with Gasteiger partial charge in [-0.2, -0.15) is 0 Å². The summed E-state index contributed by atoms with van der Waals surface area (Å²) in [6, 6.07) is 56.6. The Balaban J connectivity index is 1.03. The zero-order valence-electron chi connectivity index (χ0n) is 41.7. The minimum Gasteiger partial charge on any atom is -0.460 e. The average molecular weight is 856 g/mol. The monoisotopic (exact) mass is 855 g/mol. The largest absolute Gasteiger partial charge is 0.460 e. The lowest BCUT2D eigenvalue weighted by Gasteiger charge is -2.23. The highest BCUT2D eigenvalue weighted by atomic mass is 16.3. The van der Waals surface area contributed by atoms with Crippen LogP contribution in [0.3, 0.4) is 0 Å². The van der Waals surface area contributed by atoms with Gasteiger partial charge >= 0.3 is 0 Å². The lowest BCUT2D eigenvalue weighted by atomic mass is 9.82. The van der Waals surface area contributed by atoms with Crippen molar-refractivity contribution in [3.05, 3.63) is 236 Å². The number of hydrogen-bond donors (Lipinski definition) is 0. The van der Waals surface area contributed by atoms with Crippen LogP contribution in [0.25, 0.3) is 94.4 Å². The van der Waals surface area contributed by atoms with Gasteiger partial charge in [-0.05, 0) is 104 Å². The Hall–Kier alpha value is -8.28. The molecule has 0 N–H and O–H groups in total. The van der Waals surface area contributed by atoms with Crippen LogP contribution >= 0.6 is 0 Å². The molecule has 0 amide bonds. The molecule has 5 heteroatoms. The average Bonchev–Trinajstić information content (AvgIpc) is 4.12. The fourth-order valence-electron chi connectivity index (χ4n) is 9.47. The maximum Gasteiger partial charge on any atom is 0.269 e. The number of pyridine rings is 1. The smallest absolute Gasteiger partial charge is 0.269 e. The molecule has 0 fully saturated rings. The van der Waals surface area contributed by atoms with Crippen LogP contribution in [0.2, 0.25) is 0 Å². The molecule has 0 atom stereocenters. The van der Waals surface area contributed by atoms with Crippen LogP contribution in [0, 0.1) is 6.33 Å². The summed E-state index contributed by atoms with van der Waals surface area (Å²) in [6.07, 6.45) is 7.93. The number of hydrogen-bond acceptors (Lipinski definition) is 2. The number of rotatable bonds is 8. The van der Waals surface area contributed by atoms with E-state index in [1.165, 1.54) is 0 Å². The quantitative estimate of drug-likeness (QED) is 0.113. The molecule has 0 saturated carbocycles. The maximum absolute atomic E-state index is 9.24. The van der Waals surface area contributed by atoms with E-state index >= 15 is 0 Å². The van der Waals surface area contributed by atoms with E-state index in [2.05, 4.69) is 145 Å². The highest BCUT2D eigenvalue weighted by molar-refractivity contribution is 6.10. The van der Waals surface area contributed by atoms with Crippen LogP contribution in [-0.4, -0.2) is 14.1 Å². The molecule has 12 rings (SSSR count). The zero-order valence-corrected chi connectivity index (χ0v) is 36.7. The van der Waals surface area contributed by atoms with Crippen molar-refractivity contribution in [3.63, 3.8) is 0 Å². The number of nitrogens with zero attached hydrogens (tertiary/aromatic N) is 4. The van der Waals surface area contributed by atoms with Gasteiger partial charge in [0.15, 0.2) is 11.4 Å². The molecule has 0 spiro atoms. The molecule has 12 aromatic rings. The third kappa shape index (κ3) is 6.79. The number of fused-ring (bicyclic) bond motifs is 5. The predicted molar refractivity (Wildman–Crippen MR) is 270 cm³/mol. The zero-order chi connectivity index (χ0) is 48.7. The first-order valence-corrected chi connectivity index (χ1v) is 22.2. The summed E-state index contributed by atoms with van der Waals surface area (Å²) in [5, 5.41) is 3.26. The van der Waals surface area contributed by atoms with Gasteiger partial charge < -0.3 is 4.42 Å². The van der Waals surface area contributed by atoms with Crippen molar-refractivity contribution in [2.75, 3.05) is 0 Å². The van der Waals surface area contributed by atoms with Crippen LogP contribution in [-0.2, 0) is 11.8 Å². The predicted octanol–water partition coefficient (Wildman–Crippen LogP) is 14.8. The Morgan fingerprint density at radius 3 is 2.18 bits per heavy atom. The van der Waals surface area contributed by atoms with Crippen molar-refractivity contribution in [2.24, 2.45) is 0 Å². The number of aromatic nitrogens is 4. The summed E-state index contributed by atoms with van der Waals surface area (Å²) in [5.74, 6) is 0.746. The lowest BCUT2D eigenvalue weighted by molar-refractivity contribution is -0.571. The minimum atomic E-state index is -0.437. The fraction of sp³-hybridized carbons (Fsp3) is 0.0820. The Morgan fingerprint density at radius 2 is 1.33 bits per heavy atom. The van der Waals surface area contributed by atoms with Gasteiger partial charge in [-0.15, -0.1) is 0 Å². The van der Waals surface area contributed by atoms with Crippen molar-refractivity contribution >= 4 is 43.8 Å². The van der Waals surface area contributed by atoms with Crippen LogP contribution in [0.5, 0.6) is 0 Å². The number of imidazole rings is 1. The van der Waals surface area contributed by atoms with Gasteiger partial charge in [-0.25, -0.2) is 4.98 Å². The van der Waals surface area contributed by atoms with Crippen LogP contribution in [0.15, 0.2) is 217 Å². The van der Waals surface area contributed by atoms with Gasteiger partial charge in [0.1, 0.15) is 0 Å². The standard InChI is InChI=1S/C61H46N4O/c1-61(2,3)48-38-46(43-17-6-4-7-18-43)37-47(39-48)51-24-15-23-50(44-19-8-5-9-20-44)58(51)64-40-63(55-26-12-13-27-56(55)64)49-21-14-16-41(35-49)34-42-28-29-53-52-22-10-11-25-54(52)65(57(53)36-42)60-59-45(30-32-62-60)31-33-66-59/h4-33,35-39H,34H2,1-3H3/i5D,8D,9D,19D,20D. The van der Waals surface area contributed by atoms with E-state index in [1.807, 2.05) is 71.4 Å². The molecule has 0 aliphatic carbocycles. The first kappa shape index (κ1) is 34.2. The van der Waals surface area contributed by atoms with Gasteiger partial charge in [-0.1, -0.05) is 178 Å². The van der Waals surface area contributed by atoms with Gasteiger partial charge in [0.2, 0.25) is 0 Å². The van der Waals surface area contributed by atoms with Crippen molar-refractivity contribution in [3.8, 4) is 50.6 Å². The van der Waals surface area contributed by atoms with Gasteiger partial charge in [0.05, 0.1) is 46.6 Å². The van der Waals surface area contributed by atoms with E-state index < -0.39 is 6.04 Å². The Bertz CT molecular complexity index is 4060. The molecule has 0 bridgehead atoms. The summed E-state index contributed by atoms with van der Waals surface area (Å²) < 4.78 is 56.7. The SMILES string of the molecule is [2H]c1c([2H])c([2H])c(-c2cccc(-c3cc(-c4ccccc4)cc(C(C)(C)C)c3)c2-[n+]2[c-]n(-c3cccc(Cc4ccc5c6ccccc6n(-c6nccc7ccoc67)c5c4)c3)c3ccccc32)c([2H])c1[2H].